The molecule has 2 heterocycles. The standard InChI is InChI=1S/C20H29N3O3/c1-15(24)21-19-13-22(14-20(25)23-9-4-3-5-10-23)12-18(19)16-7-6-8-17(11-16)26-2/h6-8,11,18-19H,3-5,9-10,12-14H2,1-2H3,(H,21,24). The Morgan fingerprint density at radius 1 is 1.19 bits per heavy atom. The molecule has 6 nitrogen and oxygen atoms in total. The molecule has 3 rings (SSSR count). The Morgan fingerprint density at radius 3 is 2.65 bits per heavy atom. The molecule has 2 atom stereocenters. The summed E-state index contributed by atoms with van der Waals surface area (Å²) >= 11 is 0. The van der Waals surface area contributed by atoms with E-state index in [1.54, 1.807) is 14.0 Å². The van der Waals surface area contributed by atoms with Crippen LogP contribution >= 0.6 is 0 Å². The molecule has 1 aromatic rings. The van der Waals surface area contributed by atoms with Gasteiger partial charge in [-0.2, -0.15) is 0 Å². The first-order valence-electron chi connectivity index (χ1n) is 9.48. The van der Waals surface area contributed by atoms with Crippen molar-refractivity contribution < 1.29 is 14.3 Å². The monoisotopic (exact) mass is 359 g/mol. The first-order valence-corrected chi connectivity index (χ1v) is 9.48. The van der Waals surface area contributed by atoms with Gasteiger partial charge in [0.25, 0.3) is 0 Å². The molecule has 2 unspecified atom stereocenters. The molecule has 2 aliphatic rings. The highest BCUT2D eigenvalue weighted by atomic mass is 16.5. The van der Waals surface area contributed by atoms with Crippen LogP contribution in [0.25, 0.3) is 0 Å². The van der Waals surface area contributed by atoms with Crippen molar-refractivity contribution in [3.63, 3.8) is 0 Å². The number of hydrogen-bond acceptors (Lipinski definition) is 4. The minimum absolute atomic E-state index is 0.00811. The van der Waals surface area contributed by atoms with Crippen molar-refractivity contribution in [2.75, 3.05) is 39.8 Å². The Balaban J connectivity index is 1.69. The number of methoxy groups -OCH3 is 1. The lowest BCUT2D eigenvalue weighted by Gasteiger charge is -2.28. The van der Waals surface area contributed by atoms with Crippen molar-refractivity contribution in [1.82, 2.24) is 15.1 Å². The van der Waals surface area contributed by atoms with E-state index in [1.165, 1.54) is 6.42 Å². The van der Waals surface area contributed by atoms with Crippen LogP contribution in [0.4, 0.5) is 0 Å². The number of hydrogen-bond donors (Lipinski definition) is 1. The zero-order valence-corrected chi connectivity index (χ0v) is 15.7. The third-order valence-electron chi connectivity index (χ3n) is 5.37. The maximum atomic E-state index is 12.6. The molecule has 142 valence electrons. The van der Waals surface area contributed by atoms with Crippen molar-refractivity contribution in [2.24, 2.45) is 0 Å². The fourth-order valence-corrected chi connectivity index (χ4v) is 4.07. The van der Waals surface area contributed by atoms with E-state index < -0.39 is 0 Å². The summed E-state index contributed by atoms with van der Waals surface area (Å²) in [5.41, 5.74) is 1.14. The van der Waals surface area contributed by atoms with Gasteiger partial charge in [-0.3, -0.25) is 14.5 Å². The molecule has 0 saturated carbocycles. The Bertz CT molecular complexity index is 643. The van der Waals surface area contributed by atoms with Gasteiger partial charge in [-0.1, -0.05) is 12.1 Å². The third-order valence-corrected chi connectivity index (χ3v) is 5.37. The Hall–Kier alpha value is -2.08. The van der Waals surface area contributed by atoms with Crippen LogP contribution in [-0.4, -0.2) is 67.5 Å². The molecule has 1 N–H and O–H groups in total. The zero-order chi connectivity index (χ0) is 18.5. The fraction of sp³-hybridized carbons (Fsp3) is 0.600. The molecule has 0 spiro atoms. The van der Waals surface area contributed by atoms with Gasteiger partial charge in [0, 0.05) is 45.1 Å². The Morgan fingerprint density at radius 2 is 1.96 bits per heavy atom. The molecule has 0 radical (unpaired) electrons. The van der Waals surface area contributed by atoms with Crippen LogP contribution in [0.5, 0.6) is 5.75 Å². The molecule has 26 heavy (non-hydrogen) atoms. The number of carbonyl (C=O) groups is 2. The lowest BCUT2D eigenvalue weighted by molar-refractivity contribution is -0.133. The van der Waals surface area contributed by atoms with E-state index in [-0.39, 0.29) is 23.8 Å². The summed E-state index contributed by atoms with van der Waals surface area (Å²) in [7, 11) is 1.66. The minimum Gasteiger partial charge on any atom is -0.497 e. The van der Waals surface area contributed by atoms with Crippen LogP contribution in [0.2, 0.25) is 0 Å². The quantitative estimate of drug-likeness (QED) is 0.868. The molecule has 1 aromatic carbocycles. The third kappa shape index (κ3) is 4.55. The van der Waals surface area contributed by atoms with E-state index in [9.17, 15) is 9.59 Å². The number of nitrogens with zero attached hydrogens (tertiary/aromatic N) is 2. The van der Waals surface area contributed by atoms with Gasteiger partial charge in [0.05, 0.1) is 13.7 Å². The fourth-order valence-electron chi connectivity index (χ4n) is 4.07. The van der Waals surface area contributed by atoms with Crippen LogP contribution in [0, 0.1) is 0 Å². The summed E-state index contributed by atoms with van der Waals surface area (Å²) in [4.78, 5) is 28.4. The van der Waals surface area contributed by atoms with Gasteiger partial charge in [-0.25, -0.2) is 0 Å². The first-order chi connectivity index (χ1) is 12.6. The number of likely N-dealkylation sites (tertiary alicyclic amines) is 2. The number of carbonyl (C=O) groups excluding carboxylic acids is 2. The van der Waals surface area contributed by atoms with E-state index in [0.717, 1.165) is 43.8 Å². The second-order valence-electron chi connectivity index (χ2n) is 7.33. The van der Waals surface area contributed by atoms with Crippen molar-refractivity contribution in [1.29, 1.82) is 0 Å². The van der Waals surface area contributed by atoms with Gasteiger partial charge in [-0.15, -0.1) is 0 Å². The second-order valence-corrected chi connectivity index (χ2v) is 7.33. The molecule has 2 aliphatic heterocycles. The summed E-state index contributed by atoms with van der Waals surface area (Å²) < 4.78 is 5.34. The summed E-state index contributed by atoms with van der Waals surface area (Å²) in [6, 6.07) is 7.99. The average molecular weight is 359 g/mol. The lowest BCUT2D eigenvalue weighted by Crippen LogP contribution is -2.43. The van der Waals surface area contributed by atoms with E-state index in [4.69, 9.17) is 4.74 Å². The summed E-state index contributed by atoms with van der Waals surface area (Å²) in [6.07, 6.45) is 3.43. The largest absolute Gasteiger partial charge is 0.497 e. The van der Waals surface area contributed by atoms with Crippen LogP contribution in [0.3, 0.4) is 0 Å². The van der Waals surface area contributed by atoms with Gasteiger partial charge >= 0.3 is 0 Å². The smallest absolute Gasteiger partial charge is 0.236 e. The van der Waals surface area contributed by atoms with E-state index in [0.29, 0.717) is 13.1 Å². The van der Waals surface area contributed by atoms with Crippen molar-refractivity contribution in [2.45, 2.75) is 38.1 Å². The number of benzene rings is 1. The molecule has 0 aromatic heterocycles. The van der Waals surface area contributed by atoms with E-state index in [2.05, 4.69) is 16.3 Å². The molecule has 2 amide bonds. The molecule has 0 aliphatic carbocycles. The zero-order valence-electron chi connectivity index (χ0n) is 15.7. The van der Waals surface area contributed by atoms with Crippen LogP contribution in [-0.2, 0) is 9.59 Å². The van der Waals surface area contributed by atoms with Crippen LogP contribution in [0.1, 0.15) is 37.7 Å². The highest BCUT2D eigenvalue weighted by Crippen LogP contribution is 2.30. The van der Waals surface area contributed by atoms with E-state index in [1.807, 2.05) is 23.1 Å². The summed E-state index contributed by atoms with van der Waals surface area (Å²) in [5.74, 6) is 1.14. The maximum absolute atomic E-state index is 12.6. The topological polar surface area (TPSA) is 61.9 Å². The molecule has 6 heteroatoms. The maximum Gasteiger partial charge on any atom is 0.236 e. The Labute approximate surface area is 155 Å². The van der Waals surface area contributed by atoms with Crippen molar-refractivity contribution >= 4 is 11.8 Å². The number of ether oxygens (including phenoxy) is 1. The van der Waals surface area contributed by atoms with Crippen molar-refractivity contribution in [3.8, 4) is 5.75 Å². The predicted molar refractivity (Wildman–Crippen MR) is 100 cm³/mol. The summed E-state index contributed by atoms with van der Waals surface area (Å²) in [5, 5.41) is 3.06. The molecular formula is C20H29N3O3. The van der Waals surface area contributed by atoms with Crippen LogP contribution < -0.4 is 10.1 Å². The SMILES string of the molecule is COc1cccc(C2CN(CC(=O)N3CCCCC3)CC2NC(C)=O)c1. The Kier molecular flexibility index (Phi) is 6.14. The number of rotatable bonds is 5. The highest BCUT2D eigenvalue weighted by molar-refractivity contribution is 5.78. The first kappa shape index (κ1) is 18.7. The average Bonchev–Trinajstić information content (AvgIpc) is 3.04. The van der Waals surface area contributed by atoms with Gasteiger partial charge in [0.2, 0.25) is 11.8 Å². The van der Waals surface area contributed by atoms with Gasteiger partial charge in [0.15, 0.2) is 0 Å². The van der Waals surface area contributed by atoms with Gasteiger partial charge < -0.3 is 15.0 Å². The number of nitrogens with one attached hydrogen (secondary N) is 1. The van der Waals surface area contributed by atoms with E-state index >= 15 is 0 Å². The lowest BCUT2D eigenvalue weighted by atomic mass is 9.94. The minimum atomic E-state index is -0.0351. The highest BCUT2D eigenvalue weighted by Gasteiger charge is 2.36. The summed E-state index contributed by atoms with van der Waals surface area (Å²) in [6.45, 7) is 5.18. The van der Waals surface area contributed by atoms with Crippen LogP contribution in [0.15, 0.2) is 24.3 Å². The molecule has 2 fully saturated rings. The van der Waals surface area contributed by atoms with Gasteiger partial charge in [0.1, 0.15) is 5.75 Å². The normalized spacial score (nSPS) is 23.7. The molecule has 2 saturated heterocycles. The predicted octanol–water partition coefficient (Wildman–Crippen LogP) is 1.61. The molecule has 0 bridgehead atoms. The number of amides is 2. The van der Waals surface area contributed by atoms with Gasteiger partial charge in [-0.05, 0) is 37.0 Å². The van der Waals surface area contributed by atoms with Crippen molar-refractivity contribution in [3.05, 3.63) is 29.8 Å². The number of piperidine rings is 1. The second kappa shape index (κ2) is 8.54. The molecular weight excluding hydrogens is 330 g/mol.